The molecule has 94 valence electrons. The summed E-state index contributed by atoms with van der Waals surface area (Å²) in [5.74, 6) is 0. The largest absolute Gasteiger partial charge is 0.329 e. The van der Waals surface area contributed by atoms with E-state index >= 15 is 0 Å². The number of nitrogens with two attached hydrogens (primary N) is 1. The first-order valence-corrected chi connectivity index (χ1v) is 7.58. The first-order valence-electron chi connectivity index (χ1n) is 6.36. The van der Waals surface area contributed by atoms with Crippen molar-refractivity contribution in [3.63, 3.8) is 0 Å². The molecule has 0 saturated carbocycles. The zero-order valence-corrected chi connectivity index (χ0v) is 11.5. The Morgan fingerprint density at radius 1 is 1.41 bits per heavy atom. The highest BCUT2D eigenvalue weighted by atomic mass is 32.2. The van der Waals surface area contributed by atoms with E-state index in [1.165, 1.54) is 29.8 Å². The molecule has 0 aromatic heterocycles. The van der Waals surface area contributed by atoms with Gasteiger partial charge in [0.15, 0.2) is 0 Å². The van der Waals surface area contributed by atoms with Crippen LogP contribution in [0.1, 0.15) is 31.4 Å². The number of rotatable bonds is 4. The predicted molar refractivity (Wildman–Crippen MR) is 75.4 cm³/mol. The highest BCUT2D eigenvalue weighted by molar-refractivity contribution is 7.98. The molecule has 0 spiro atoms. The van der Waals surface area contributed by atoms with Crippen molar-refractivity contribution >= 4 is 11.8 Å². The molecule has 2 atom stereocenters. The lowest BCUT2D eigenvalue weighted by Crippen LogP contribution is -2.35. The van der Waals surface area contributed by atoms with Gasteiger partial charge in [-0.15, -0.1) is 11.8 Å². The lowest BCUT2D eigenvalue weighted by Gasteiger charge is -2.31. The summed E-state index contributed by atoms with van der Waals surface area (Å²) in [5.41, 5.74) is 7.33. The lowest BCUT2D eigenvalue weighted by molar-refractivity contribution is 0.195. The smallest absolute Gasteiger partial charge is 0.0473 e. The van der Waals surface area contributed by atoms with Crippen LogP contribution in [0.2, 0.25) is 0 Å². The Bertz CT molecular complexity index is 350. The first-order chi connectivity index (χ1) is 8.26. The van der Waals surface area contributed by atoms with Gasteiger partial charge in [0.05, 0.1) is 0 Å². The summed E-state index contributed by atoms with van der Waals surface area (Å²) in [6, 6.07) is 9.92. The summed E-state index contributed by atoms with van der Waals surface area (Å²) in [5, 5.41) is 0. The lowest BCUT2D eigenvalue weighted by atomic mass is 10.0. The van der Waals surface area contributed by atoms with Crippen LogP contribution in [0.15, 0.2) is 29.2 Å². The molecule has 0 amide bonds. The van der Waals surface area contributed by atoms with Gasteiger partial charge in [-0.05, 0) is 50.3 Å². The van der Waals surface area contributed by atoms with E-state index in [9.17, 15) is 0 Å². The molecule has 1 saturated heterocycles. The van der Waals surface area contributed by atoms with Crippen molar-refractivity contribution in [1.29, 1.82) is 0 Å². The fourth-order valence-electron chi connectivity index (χ4n) is 2.71. The van der Waals surface area contributed by atoms with Crippen molar-refractivity contribution in [3.8, 4) is 0 Å². The number of hydrogen-bond acceptors (Lipinski definition) is 3. The van der Waals surface area contributed by atoms with Crippen molar-refractivity contribution in [2.45, 2.75) is 36.7 Å². The minimum absolute atomic E-state index is 0.392. The molecular formula is C14H22N2S. The average Bonchev–Trinajstić information content (AvgIpc) is 2.78. The van der Waals surface area contributed by atoms with E-state index in [-0.39, 0.29) is 0 Å². The van der Waals surface area contributed by atoms with Crippen molar-refractivity contribution in [2.75, 3.05) is 19.3 Å². The molecule has 3 heteroatoms. The van der Waals surface area contributed by atoms with E-state index in [1.807, 2.05) is 0 Å². The number of nitrogens with zero attached hydrogens (tertiary/aromatic N) is 1. The second-order valence-corrected chi connectivity index (χ2v) is 5.63. The van der Waals surface area contributed by atoms with Crippen LogP contribution in [0.5, 0.6) is 0 Å². The summed E-state index contributed by atoms with van der Waals surface area (Å²) in [6.45, 7) is 4.21. The van der Waals surface area contributed by atoms with Gasteiger partial charge in [-0.2, -0.15) is 0 Å². The highest BCUT2D eigenvalue weighted by Crippen LogP contribution is 2.29. The molecule has 1 aromatic carbocycles. The summed E-state index contributed by atoms with van der Waals surface area (Å²) < 4.78 is 0. The van der Waals surface area contributed by atoms with Crippen molar-refractivity contribution in [2.24, 2.45) is 5.73 Å². The minimum Gasteiger partial charge on any atom is -0.329 e. The van der Waals surface area contributed by atoms with Gasteiger partial charge in [-0.25, -0.2) is 0 Å². The third kappa shape index (κ3) is 2.84. The molecule has 1 fully saturated rings. The van der Waals surface area contributed by atoms with Crippen molar-refractivity contribution < 1.29 is 0 Å². The van der Waals surface area contributed by atoms with Gasteiger partial charge >= 0.3 is 0 Å². The highest BCUT2D eigenvalue weighted by Gasteiger charge is 2.27. The zero-order valence-electron chi connectivity index (χ0n) is 10.7. The van der Waals surface area contributed by atoms with E-state index in [1.54, 1.807) is 11.8 Å². The molecule has 0 bridgehead atoms. The maximum absolute atomic E-state index is 5.97. The molecule has 2 nitrogen and oxygen atoms in total. The Morgan fingerprint density at radius 2 is 2.12 bits per heavy atom. The fraction of sp³-hybridized carbons (Fsp3) is 0.571. The standard InChI is InChI=1S/C14H22N2S/c1-11-4-3-9-16(11)14(10-15)12-5-7-13(17-2)8-6-12/h5-8,11,14H,3-4,9-10,15H2,1-2H3. The van der Waals surface area contributed by atoms with Crippen LogP contribution >= 0.6 is 11.8 Å². The van der Waals surface area contributed by atoms with Gasteiger partial charge in [-0.1, -0.05) is 12.1 Å². The third-order valence-electron chi connectivity index (χ3n) is 3.73. The number of benzene rings is 1. The van der Waals surface area contributed by atoms with Crippen LogP contribution in [0, 0.1) is 0 Å². The molecule has 1 aromatic rings. The second-order valence-electron chi connectivity index (χ2n) is 4.75. The first kappa shape index (κ1) is 12.9. The average molecular weight is 250 g/mol. The van der Waals surface area contributed by atoms with Crippen LogP contribution in [0.4, 0.5) is 0 Å². The summed E-state index contributed by atoms with van der Waals surface area (Å²) >= 11 is 1.78. The molecule has 2 unspecified atom stereocenters. The maximum Gasteiger partial charge on any atom is 0.0473 e. The van der Waals surface area contributed by atoms with Crippen molar-refractivity contribution in [3.05, 3.63) is 29.8 Å². The fourth-order valence-corrected chi connectivity index (χ4v) is 3.12. The Labute approximate surface area is 109 Å². The van der Waals surface area contributed by atoms with Gasteiger partial charge < -0.3 is 5.73 Å². The van der Waals surface area contributed by atoms with Gasteiger partial charge in [0.1, 0.15) is 0 Å². The van der Waals surface area contributed by atoms with Crippen molar-refractivity contribution in [1.82, 2.24) is 4.90 Å². The van der Waals surface area contributed by atoms with E-state index in [0.29, 0.717) is 18.6 Å². The molecule has 1 heterocycles. The number of hydrogen-bond donors (Lipinski definition) is 1. The zero-order chi connectivity index (χ0) is 12.3. The normalized spacial score (nSPS) is 22.9. The van der Waals surface area contributed by atoms with Crippen LogP contribution in [-0.4, -0.2) is 30.3 Å². The van der Waals surface area contributed by atoms with Gasteiger partial charge in [0.25, 0.3) is 0 Å². The second kappa shape index (κ2) is 5.89. The Hall–Kier alpha value is -0.510. The maximum atomic E-state index is 5.97. The van der Waals surface area contributed by atoms with Crippen LogP contribution in [0.25, 0.3) is 0 Å². The Balaban J connectivity index is 2.16. The van der Waals surface area contributed by atoms with Crippen LogP contribution < -0.4 is 5.73 Å². The van der Waals surface area contributed by atoms with Crippen LogP contribution in [0.3, 0.4) is 0 Å². The minimum atomic E-state index is 0.392. The summed E-state index contributed by atoms with van der Waals surface area (Å²) in [4.78, 5) is 3.87. The Kier molecular flexibility index (Phi) is 4.48. The predicted octanol–water partition coefficient (Wildman–Crippen LogP) is 2.89. The molecular weight excluding hydrogens is 228 g/mol. The van der Waals surface area contributed by atoms with E-state index < -0.39 is 0 Å². The SMILES string of the molecule is CSc1ccc(C(CN)N2CCCC2C)cc1. The molecule has 1 aliphatic heterocycles. The van der Waals surface area contributed by atoms with Crippen LogP contribution in [-0.2, 0) is 0 Å². The van der Waals surface area contributed by atoms with Gasteiger partial charge in [-0.3, -0.25) is 4.90 Å². The molecule has 0 aliphatic carbocycles. The van der Waals surface area contributed by atoms with E-state index in [4.69, 9.17) is 5.73 Å². The topological polar surface area (TPSA) is 29.3 Å². The van der Waals surface area contributed by atoms with Gasteiger partial charge in [0, 0.05) is 23.5 Å². The monoisotopic (exact) mass is 250 g/mol. The summed E-state index contributed by atoms with van der Waals surface area (Å²) in [6.07, 6.45) is 4.72. The van der Waals surface area contributed by atoms with E-state index in [0.717, 1.165) is 0 Å². The molecule has 2 N–H and O–H groups in total. The van der Waals surface area contributed by atoms with E-state index in [2.05, 4.69) is 42.3 Å². The number of thioether (sulfide) groups is 1. The molecule has 17 heavy (non-hydrogen) atoms. The third-order valence-corrected chi connectivity index (χ3v) is 4.47. The summed E-state index contributed by atoms with van der Waals surface area (Å²) in [7, 11) is 0. The molecule has 1 aliphatic rings. The molecule has 2 rings (SSSR count). The quantitative estimate of drug-likeness (QED) is 0.833. The van der Waals surface area contributed by atoms with Gasteiger partial charge in [0.2, 0.25) is 0 Å². The molecule has 0 radical (unpaired) electrons. The Morgan fingerprint density at radius 3 is 2.59 bits per heavy atom. The number of likely N-dealkylation sites (tertiary alicyclic amines) is 1.